The lowest BCUT2D eigenvalue weighted by atomic mass is 10.1. The number of aromatic nitrogens is 2. The SMILES string of the molecule is O=S(=O)(N1CCC(O)CC1)n1nc(C2CC2)c2cc(Nc3ccc(F)cc3)c(F)cc21. The summed E-state index contributed by atoms with van der Waals surface area (Å²) in [7, 11) is -3.99. The molecule has 5 rings (SSSR count). The number of aliphatic hydroxyl groups excluding tert-OH is 1. The molecule has 2 N–H and O–H groups in total. The third-order valence-electron chi connectivity index (χ3n) is 5.82. The molecular weight excluding hydrogens is 426 g/mol. The van der Waals surface area contributed by atoms with Crippen LogP contribution in [0.25, 0.3) is 10.9 Å². The van der Waals surface area contributed by atoms with Crippen LogP contribution in [0, 0.1) is 11.6 Å². The smallest absolute Gasteiger partial charge is 0.323 e. The van der Waals surface area contributed by atoms with Crippen molar-refractivity contribution in [3.05, 3.63) is 53.7 Å². The normalized spacial score (nSPS) is 18.5. The van der Waals surface area contributed by atoms with Gasteiger partial charge in [0, 0.05) is 36.1 Å². The zero-order chi connectivity index (χ0) is 21.8. The number of nitrogens with one attached hydrogen (secondary N) is 1. The number of piperidine rings is 1. The first-order chi connectivity index (χ1) is 14.8. The molecular formula is C21H22F2N4O3S. The maximum absolute atomic E-state index is 15.0. The van der Waals surface area contributed by atoms with E-state index in [0.717, 1.165) is 16.9 Å². The average molecular weight is 448 g/mol. The monoisotopic (exact) mass is 448 g/mol. The average Bonchev–Trinajstić information content (AvgIpc) is 3.52. The summed E-state index contributed by atoms with van der Waals surface area (Å²) in [6, 6.07) is 8.29. The van der Waals surface area contributed by atoms with E-state index in [1.165, 1.54) is 34.6 Å². The summed E-state index contributed by atoms with van der Waals surface area (Å²) in [4.78, 5) is 0. The molecule has 2 heterocycles. The van der Waals surface area contributed by atoms with Gasteiger partial charge in [0.1, 0.15) is 11.6 Å². The highest BCUT2D eigenvalue weighted by atomic mass is 32.2. The summed E-state index contributed by atoms with van der Waals surface area (Å²) in [5, 5.41) is 17.6. The highest BCUT2D eigenvalue weighted by molar-refractivity contribution is 7.87. The minimum Gasteiger partial charge on any atom is -0.393 e. The second-order valence-electron chi connectivity index (χ2n) is 8.12. The number of anilines is 2. The molecule has 31 heavy (non-hydrogen) atoms. The number of halogens is 2. The van der Waals surface area contributed by atoms with E-state index in [0.29, 0.717) is 29.6 Å². The number of nitrogens with zero attached hydrogens (tertiary/aromatic N) is 3. The van der Waals surface area contributed by atoms with E-state index in [1.54, 1.807) is 6.07 Å². The lowest BCUT2D eigenvalue weighted by Crippen LogP contribution is -2.43. The summed E-state index contributed by atoms with van der Waals surface area (Å²) < 4.78 is 56.8. The van der Waals surface area contributed by atoms with Crippen molar-refractivity contribution in [2.75, 3.05) is 18.4 Å². The molecule has 1 aliphatic heterocycles. The Morgan fingerprint density at radius 3 is 2.35 bits per heavy atom. The molecule has 7 nitrogen and oxygen atoms in total. The molecule has 1 aliphatic carbocycles. The Balaban J connectivity index is 1.57. The molecule has 0 unspecified atom stereocenters. The minimum absolute atomic E-state index is 0.145. The van der Waals surface area contributed by atoms with Crippen molar-refractivity contribution in [3.63, 3.8) is 0 Å². The molecule has 0 spiro atoms. The molecule has 2 fully saturated rings. The number of hydrogen-bond acceptors (Lipinski definition) is 5. The minimum atomic E-state index is -3.99. The van der Waals surface area contributed by atoms with Gasteiger partial charge in [-0.1, -0.05) is 0 Å². The quantitative estimate of drug-likeness (QED) is 0.624. The van der Waals surface area contributed by atoms with Gasteiger partial charge in [-0.15, -0.1) is 4.09 Å². The van der Waals surface area contributed by atoms with E-state index >= 15 is 0 Å². The van der Waals surface area contributed by atoms with Gasteiger partial charge in [0.2, 0.25) is 0 Å². The number of rotatable bonds is 5. The first-order valence-electron chi connectivity index (χ1n) is 10.3. The van der Waals surface area contributed by atoms with E-state index in [2.05, 4.69) is 10.4 Å². The maximum atomic E-state index is 15.0. The Bertz CT molecular complexity index is 1230. The van der Waals surface area contributed by atoms with Crippen molar-refractivity contribution in [3.8, 4) is 0 Å². The molecule has 0 radical (unpaired) electrons. The number of benzene rings is 2. The van der Waals surface area contributed by atoms with Gasteiger partial charge >= 0.3 is 10.2 Å². The van der Waals surface area contributed by atoms with Gasteiger partial charge < -0.3 is 10.4 Å². The molecule has 1 aromatic heterocycles. The highest BCUT2D eigenvalue weighted by Gasteiger charge is 2.35. The van der Waals surface area contributed by atoms with Crippen molar-refractivity contribution in [2.24, 2.45) is 0 Å². The molecule has 1 saturated carbocycles. The van der Waals surface area contributed by atoms with E-state index in [-0.39, 0.29) is 30.2 Å². The van der Waals surface area contributed by atoms with Crippen LogP contribution < -0.4 is 5.32 Å². The second-order valence-corrected chi connectivity index (χ2v) is 9.88. The second kappa shape index (κ2) is 7.54. The van der Waals surface area contributed by atoms with Crippen molar-refractivity contribution >= 4 is 32.5 Å². The zero-order valence-corrected chi connectivity index (χ0v) is 17.4. The number of aliphatic hydroxyl groups is 1. The Morgan fingerprint density at radius 2 is 1.71 bits per heavy atom. The number of fused-ring (bicyclic) bond motifs is 1. The van der Waals surface area contributed by atoms with Crippen molar-refractivity contribution < 1.29 is 22.3 Å². The summed E-state index contributed by atoms with van der Waals surface area (Å²) in [5.41, 5.74) is 1.51. The van der Waals surface area contributed by atoms with Gasteiger partial charge in [0.25, 0.3) is 0 Å². The van der Waals surface area contributed by atoms with Crippen LogP contribution in [0.4, 0.5) is 20.2 Å². The fourth-order valence-electron chi connectivity index (χ4n) is 3.93. The Kier molecular flexibility index (Phi) is 4.95. The topological polar surface area (TPSA) is 87.5 Å². The predicted molar refractivity (Wildman–Crippen MR) is 112 cm³/mol. The van der Waals surface area contributed by atoms with Crippen LogP contribution >= 0.6 is 0 Å². The van der Waals surface area contributed by atoms with Crippen LogP contribution in [0.3, 0.4) is 0 Å². The predicted octanol–water partition coefficient (Wildman–Crippen LogP) is 3.49. The van der Waals surface area contributed by atoms with Gasteiger partial charge in [-0.3, -0.25) is 0 Å². The van der Waals surface area contributed by atoms with Crippen LogP contribution in [0.5, 0.6) is 0 Å². The van der Waals surface area contributed by atoms with Crippen molar-refractivity contribution in [1.29, 1.82) is 0 Å². The molecule has 0 amide bonds. The molecule has 0 atom stereocenters. The highest BCUT2D eigenvalue weighted by Crippen LogP contribution is 2.44. The molecule has 164 valence electrons. The van der Waals surface area contributed by atoms with Crippen LogP contribution in [0.1, 0.15) is 37.3 Å². The summed E-state index contributed by atoms with van der Waals surface area (Å²) in [5.74, 6) is -0.884. The van der Waals surface area contributed by atoms with E-state index < -0.39 is 27.9 Å². The van der Waals surface area contributed by atoms with Gasteiger partial charge in [0.15, 0.2) is 0 Å². The largest absolute Gasteiger partial charge is 0.393 e. The fraction of sp³-hybridized carbons (Fsp3) is 0.381. The Hall–Kier alpha value is -2.56. The van der Waals surface area contributed by atoms with Gasteiger partial charge in [0.05, 0.1) is 23.0 Å². The van der Waals surface area contributed by atoms with Gasteiger partial charge in [-0.25, -0.2) is 8.78 Å². The van der Waals surface area contributed by atoms with Crippen LogP contribution in [0.15, 0.2) is 36.4 Å². The van der Waals surface area contributed by atoms with Gasteiger partial charge in [-0.05, 0) is 56.0 Å². The van der Waals surface area contributed by atoms with Crippen molar-refractivity contribution in [1.82, 2.24) is 13.5 Å². The summed E-state index contributed by atoms with van der Waals surface area (Å²) in [6.07, 6.45) is 2.00. The first-order valence-corrected chi connectivity index (χ1v) is 11.7. The van der Waals surface area contributed by atoms with Crippen LogP contribution in [-0.2, 0) is 10.2 Å². The standard InChI is InChI=1S/C21H22F2N4O3S/c22-14-3-5-15(6-4-14)24-19-11-17-20(12-18(19)23)27(25-21(17)13-1-2-13)31(29,30)26-9-7-16(28)8-10-26/h3-6,11-13,16,24,28H,1-2,7-10H2. The molecule has 1 saturated heterocycles. The Morgan fingerprint density at radius 1 is 1.03 bits per heavy atom. The summed E-state index contributed by atoms with van der Waals surface area (Å²) >= 11 is 0. The van der Waals surface area contributed by atoms with E-state index in [9.17, 15) is 22.3 Å². The molecule has 2 aliphatic rings. The van der Waals surface area contributed by atoms with Crippen LogP contribution in [-0.4, -0.2) is 46.2 Å². The van der Waals surface area contributed by atoms with Gasteiger partial charge in [-0.2, -0.15) is 17.8 Å². The lowest BCUT2D eigenvalue weighted by Gasteiger charge is -2.28. The fourth-order valence-corrected chi connectivity index (χ4v) is 5.41. The molecule has 0 bridgehead atoms. The zero-order valence-electron chi connectivity index (χ0n) is 16.6. The number of hydrogen-bond donors (Lipinski definition) is 2. The Labute approximate surface area is 178 Å². The third-order valence-corrected chi connectivity index (χ3v) is 7.55. The first kappa shape index (κ1) is 20.3. The van der Waals surface area contributed by atoms with E-state index in [1.807, 2.05) is 0 Å². The molecule has 10 heteroatoms. The molecule has 2 aromatic carbocycles. The van der Waals surface area contributed by atoms with Crippen molar-refractivity contribution in [2.45, 2.75) is 37.7 Å². The summed E-state index contributed by atoms with van der Waals surface area (Å²) in [6.45, 7) is 0.382. The van der Waals surface area contributed by atoms with E-state index in [4.69, 9.17) is 0 Å². The van der Waals surface area contributed by atoms with Crippen LogP contribution in [0.2, 0.25) is 0 Å². The molecule has 3 aromatic rings. The maximum Gasteiger partial charge on any atom is 0.323 e. The lowest BCUT2D eigenvalue weighted by molar-refractivity contribution is 0.112. The third kappa shape index (κ3) is 3.79.